The molecule has 3 saturated carbocycles. The molecule has 6 fully saturated rings. The molecule has 4 N–H and O–H groups in total. The van der Waals surface area contributed by atoms with Crippen molar-refractivity contribution >= 4 is 39.4 Å². The highest BCUT2D eigenvalue weighted by atomic mass is 32.2. The predicted molar refractivity (Wildman–Crippen MR) is 185 cm³/mol. The van der Waals surface area contributed by atoms with E-state index in [1.165, 1.54) is 0 Å². The monoisotopic (exact) mass is 719 g/mol. The molecular formula is C36H57N5O8S. The topological polar surface area (TPSA) is 180 Å². The third kappa shape index (κ3) is 8.00. The number of Topliss-reactive ketones (excluding diaryl/α,β-unsaturated/α-hetero) is 1. The zero-order valence-electron chi connectivity index (χ0n) is 29.8. The Morgan fingerprint density at radius 3 is 2.08 bits per heavy atom. The van der Waals surface area contributed by atoms with Crippen molar-refractivity contribution in [3.63, 3.8) is 0 Å². The number of piperidine rings is 1. The van der Waals surface area contributed by atoms with Crippen molar-refractivity contribution in [2.24, 2.45) is 17.3 Å². The highest BCUT2D eigenvalue weighted by Crippen LogP contribution is 2.65. The molecule has 0 radical (unpaired) electrons. The van der Waals surface area contributed by atoms with Crippen LogP contribution in [-0.4, -0.2) is 96.9 Å². The number of nitrogens with one attached hydrogen (secondary N) is 4. The fourth-order valence-electron chi connectivity index (χ4n) is 9.20. The maximum absolute atomic E-state index is 14.5. The van der Waals surface area contributed by atoms with Gasteiger partial charge in [-0.2, -0.15) is 0 Å². The highest BCUT2D eigenvalue weighted by Gasteiger charge is 2.69. The van der Waals surface area contributed by atoms with Crippen LogP contribution in [0.2, 0.25) is 0 Å². The van der Waals surface area contributed by atoms with Gasteiger partial charge in [0.15, 0.2) is 15.3 Å². The maximum Gasteiger partial charge on any atom is 0.315 e. The fourth-order valence-corrected chi connectivity index (χ4v) is 11.0. The first-order valence-electron chi connectivity index (χ1n) is 19.2. The minimum absolute atomic E-state index is 0.0120. The SMILES string of the molecule is CC1(C)[C@@H]2[C@H]3C(=O)N[C@@H](C(=O)C(=O)NC4CC4)CCCCCCCCCC[C@@H](NC(=O)NC4(C5OCCS5(=O)=O)CCCCC4)C(=O)N3C[C@@H]21. The molecule has 14 heteroatoms. The van der Waals surface area contributed by atoms with Crippen molar-refractivity contribution in [2.75, 3.05) is 18.9 Å². The number of rotatable bonds is 6. The summed E-state index contributed by atoms with van der Waals surface area (Å²) in [4.78, 5) is 70.2. The first kappa shape index (κ1) is 37.0. The summed E-state index contributed by atoms with van der Waals surface area (Å²) in [6.07, 6.45) is 13.0. The number of fused-ring (bicyclic) bond motifs is 3. The lowest BCUT2D eigenvalue weighted by Crippen LogP contribution is -2.64. The van der Waals surface area contributed by atoms with Crippen LogP contribution in [0.1, 0.15) is 123 Å². The summed E-state index contributed by atoms with van der Waals surface area (Å²) in [7, 11) is -3.56. The van der Waals surface area contributed by atoms with Gasteiger partial charge in [-0.1, -0.05) is 84.5 Å². The Bertz CT molecular complexity index is 1420. The average Bonchev–Trinajstić information content (AvgIpc) is 3.85. The number of sulfone groups is 1. The van der Waals surface area contributed by atoms with Gasteiger partial charge in [0.25, 0.3) is 5.91 Å². The van der Waals surface area contributed by atoms with E-state index in [1.807, 2.05) is 0 Å². The lowest BCUT2D eigenvalue weighted by molar-refractivity contribution is -0.144. The van der Waals surface area contributed by atoms with Gasteiger partial charge < -0.3 is 30.9 Å². The predicted octanol–water partition coefficient (Wildman–Crippen LogP) is 2.86. The van der Waals surface area contributed by atoms with Crippen molar-refractivity contribution in [3.8, 4) is 0 Å². The smallest absolute Gasteiger partial charge is 0.315 e. The summed E-state index contributed by atoms with van der Waals surface area (Å²) < 4.78 is 31.7. The summed E-state index contributed by atoms with van der Waals surface area (Å²) in [6.45, 7) is 4.61. The number of ether oxygens (including phenoxy) is 1. The number of hydrogen-bond acceptors (Lipinski definition) is 8. The van der Waals surface area contributed by atoms with E-state index in [1.54, 1.807) is 4.90 Å². The van der Waals surface area contributed by atoms with Crippen LogP contribution in [0.25, 0.3) is 0 Å². The molecule has 0 spiro atoms. The van der Waals surface area contributed by atoms with E-state index in [-0.39, 0.29) is 41.6 Å². The standard InChI is InChI=1S/C36H57N5O8S/c1-35(2)24-22-41-28(27(24)35)30(43)38-25(29(42)31(44)37-23-16-17-23)14-10-7-5-3-4-6-8-11-15-26(32(41)45)39-34(46)40-36(18-12-9-13-19-36)33-49-20-21-50(33,47)48/h23-28,33H,3-22H2,1-2H3,(H,37,44)(H,38,43)(H2,39,40,46)/t24-,25+,26+,27-,28-,33?/m0/s1. The summed E-state index contributed by atoms with van der Waals surface area (Å²) in [5, 5.41) is 11.6. The number of hydrogen-bond donors (Lipinski definition) is 4. The molecule has 6 rings (SSSR count). The van der Waals surface area contributed by atoms with Crippen LogP contribution in [0.3, 0.4) is 0 Å². The zero-order chi connectivity index (χ0) is 35.7. The minimum atomic E-state index is -3.56. The Morgan fingerprint density at radius 2 is 1.46 bits per heavy atom. The quantitative estimate of drug-likeness (QED) is 0.303. The molecule has 280 valence electrons. The van der Waals surface area contributed by atoms with E-state index in [2.05, 4.69) is 35.1 Å². The zero-order valence-corrected chi connectivity index (χ0v) is 30.6. The lowest BCUT2D eigenvalue weighted by atomic mass is 9.82. The molecular weight excluding hydrogens is 662 g/mol. The molecule has 5 amide bonds. The fraction of sp³-hybridized carbons (Fsp3) is 0.861. The van der Waals surface area contributed by atoms with Crippen LogP contribution in [0, 0.1) is 17.3 Å². The van der Waals surface area contributed by atoms with Crippen molar-refractivity contribution in [3.05, 3.63) is 0 Å². The number of carbonyl (C=O) groups excluding carboxylic acids is 5. The molecule has 3 heterocycles. The highest BCUT2D eigenvalue weighted by molar-refractivity contribution is 7.92. The van der Waals surface area contributed by atoms with E-state index in [4.69, 9.17) is 4.74 Å². The molecule has 0 aromatic heterocycles. The molecule has 6 aliphatic rings. The van der Waals surface area contributed by atoms with Crippen LogP contribution in [0.5, 0.6) is 0 Å². The molecule has 13 nitrogen and oxygen atoms in total. The van der Waals surface area contributed by atoms with Gasteiger partial charge in [-0.05, 0) is 55.8 Å². The Morgan fingerprint density at radius 1 is 0.840 bits per heavy atom. The molecule has 3 aliphatic heterocycles. The normalized spacial score (nSPS) is 34.3. The Kier molecular flexibility index (Phi) is 11.2. The van der Waals surface area contributed by atoms with E-state index >= 15 is 0 Å². The molecule has 0 aromatic carbocycles. The van der Waals surface area contributed by atoms with Gasteiger partial charge in [0.2, 0.25) is 17.6 Å². The molecule has 50 heavy (non-hydrogen) atoms. The van der Waals surface area contributed by atoms with Crippen LogP contribution < -0.4 is 21.3 Å². The van der Waals surface area contributed by atoms with E-state index < -0.39 is 62.6 Å². The van der Waals surface area contributed by atoms with Gasteiger partial charge >= 0.3 is 6.03 Å². The summed E-state index contributed by atoms with van der Waals surface area (Å²) in [5.74, 6) is -2.23. The second kappa shape index (κ2) is 15.1. The van der Waals surface area contributed by atoms with E-state index in [0.29, 0.717) is 45.1 Å². The maximum atomic E-state index is 14.5. The molecule has 1 unspecified atom stereocenters. The van der Waals surface area contributed by atoms with Crippen LogP contribution in [0.4, 0.5) is 4.79 Å². The van der Waals surface area contributed by atoms with Crippen LogP contribution in [0.15, 0.2) is 0 Å². The average molecular weight is 720 g/mol. The number of carbonyl (C=O) groups is 5. The Balaban J connectivity index is 1.22. The number of nitrogens with zero attached hydrogens (tertiary/aromatic N) is 1. The third-order valence-electron chi connectivity index (χ3n) is 12.4. The largest absolute Gasteiger partial charge is 0.359 e. The molecule has 3 saturated heterocycles. The Labute approximate surface area is 296 Å². The second-order valence-corrected chi connectivity index (χ2v) is 18.6. The summed E-state index contributed by atoms with van der Waals surface area (Å²) in [6, 6.07) is -3.34. The van der Waals surface area contributed by atoms with Gasteiger partial charge in [-0.15, -0.1) is 0 Å². The second-order valence-electron chi connectivity index (χ2n) is 16.4. The van der Waals surface area contributed by atoms with Gasteiger partial charge in [-0.25, -0.2) is 13.2 Å². The van der Waals surface area contributed by atoms with Crippen molar-refractivity contribution < 1.29 is 37.1 Å². The van der Waals surface area contributed by atoms with E-state index in [9.17, 15) is 32.4 Å². The molecule has 0 aromatic rings. The van der Waals surface area contributed by atoms with Crippen molar-refractivity contribution in [1.29, 1.82) is 0 Å². The van der Waals surface area contributed by atoms with Crippen molar-refractivity contribution in [1.82, 2.24) is 26.2 Å². The van der Waals surface area contributed by atoms with Crippen LogP contribution in [-0.2, 0) is 33.8 Å². The van der Waals surface area contributed by atoms with Crippen LogP contribution >= 0.6 is 0 Å². The first-order chi connectivity index (χ1) is 23.8. The van der Waals surface area contributed by atoms with Crippen molar-refractivity contribution in [2.45, 2.75) is 158 Å². The lowest BCUT2D eigenvalue weighted by Gasteiger charge is -2.41. The van der Waals surface area contributed by atoms with Gasteiger partial charge in [-0.3, -0.25) is 19.2 Å². The Hall–Kier alpha value is -2.74. The first-order valence-corrected chi connectivity index (χ1v) is 20.9. The van der Waals surface area contributed by atoms with Gasteiger partial charge in [0.05, 0.1) is 23.9 Å². The molecule has 6 atom stereocenters. The molecule has 3 aliphatic carbocycles. The third-order valence-corrected chi connectivity index (χ3v) is 14.4. The molecule has 0 bridgehead atoms. The number of amides is 5. The summed E-state index contributed by atoms with van der Waals surface area (Å²) in [5.41, 5.74) is -2.38. The van der Waals surface area contributed by atoms with Gasteiger partial charge in [0, 0.05) is 12.6 Å². The van der Waals surface area contributed by atoms with E-state index in [0.717, 1.165) is 70.6 Å². The van der Waals surface area contributed by atoms with Gasteiger partial charge in [0.1, 0.15) is 12.1 Å². The summed E-state index contributed by atoms with van der Waals surface area (Å²) >= 11 is 0. The minimum Gasteiger partial charge on any atom is -0.359 e. The number of urea groups is 1. The number of ketones is 1.